The Hall–Kier alpha value is -3.12. The molecule has 0 radical (unpaired) electrons. The first-order valence-electron chi connectivity index (χ1n) is 10.4. The molecule has 2 aromatic carbocycles. The highest BCUT2D eigenvalue weighted by molar-refractivity contribution is 6.30. The van der Waals surface area contributed by atoms with Crippen molar-refractivity contribution in [3.8, 4) is 0 Å². The lowest BCUT2D eigenvalue weighted by Gasteiger charge is -2.25. The van der Waals surface area contributed by atoms with Crippen LogP contribution in [0.4, 0.5) is 10.5 Å². The third-order valence-corrected chi connectivity index (χ3v) is 6.37. The van der Waals surface area contributed by atoms with Crippen LogP contribution >= 0.6 is 11.6 Å². The van der Waals surface area contributed by atoms with Crippen LogP contribution in [-0.4, -0.2) is 47.1 Å². The summed E-state index contributed by atoms with van der Waals surface area (Å²) in [5.41, 5.74) is 1.46. The number of hydrogen-bond acceptors (Lipinski definition) is 4. The predicted molar refractivity (Wildman–Crippen MR) is 120 cm³/mol. The Morgan fingerprint density at radius 2 is 1.90 bits per heavy atom. The topological polar surface area (TPSA) is 62.7 Å². The highest BCUT2D eigenvalue weighted by Gasteiger charge is 2.46. The second-order valence-electron chi connectivity index (χ2n) is 8.14. The van der Waals surface area contributed by atoms with Gasteiger partial charge in [-0.2, -0.15) is 0 Å². The van der Waals surface area contributed by atoms with Gasteiger partial charge in [0, 0.05) is 41.8 Å². The molecule has 2 fully saturated rings. The molecule has 3 aromatic rings. The summed E-state index contributed by atoms with van der Waals surface area (Å²) in [4.78, 5) is 33.8. The number of rotatable bonds is 2. The summed E-state index contributed by atoms with van der Waals surface area (Å²) in [6.45, 7) is 1.61. The Bertz CT molecular complexity index is 1160. The van der Waals surface area contributed by atoms with Crippen LogP contribution in [0.3, 0.4) is 0 Å². The number of para-hydroxylation sites is 1. The number of anilines is 1. The zero-order chi connectivity index (χ0) is 21.4. The molecule has 31 heavy (non-hydrogen) atoms. The van der Waals surface area contributed by atoms with Gasteiger partial charge in [0.05, 0.1) is 17.6 Å². The molecule has 3 heterocycles. The van der Waals surface area contributed by atoms with Crippen LogP contribution in [0, 0.1) is 0 Å². The standard InChI is InChI=1S/C24H22ClN3O3/c25-18-7-2-8-19(15-18)28-16-24(31-23(28)30)10-4-13-27(14-11-24)22(29)20-9-1-5-17-6-3-12-26-21(17)20/h1-3,5-9,12,15H,4,10-11,13-14,16H2/t24-/m1/s1. The van der Waals surface area contributed by atoms with Crippen molar-refractivity contribution in [1.82, 2.24) is 9.88 Å². The van der Waals surface area contributed by atoms with Crippen LogP contribution in [0.15, 0.2) is 60.8 Å². The zero-order valence-electron chi connectivity index (χ0n) is 17.0. The Balaban J connectivity index is 1.34. The second-order valence-corrected chi connectivity index (χ2v) is 8.58. The van der Waals surface area contributed by atoms with Gasteiger partial charge in [-0.15, -0.1) is 0 Å². The number of carbonyl (C=O) groups excluding carboxylic acids is 2. The molecule has 2 aliphatic rings. The molecule has 1 spiro atoms. The van der Waals surface area contributed by atoms with E-state index >= 15 is 0 Å². The van der Waals surface area contributed by atoms with E-state index < -0.39 is 5.60 Å². The molecule has 1 aromatic heterocycles. The number of hydrogen-bond donors (Lipinski definition) is 0. The first-order chi connectivity index (χ1) is 15.0. The molecule has 7 heteroatoms. The van der Waals surface area contributed by atoms with Crippen molar-refractivity contribution in [3.05, 3.63) is 71.4 Å². The van der Waals surface area contributed by atoms with Crippen LogP contribution in [0.1, 0.15) is 29.6 Å². The van der Waals surface area contributed by atoms with Gasteiger partial charge in [-0.1, -0.05) is 35.9 Å². The van der Waals surface area contributed by atoms with Crippen molar-refractivity contribution < 1.29 is 14.3 Å². The lowest BCUT2D eigenvalue weighted by Crippen LogP contribution is -2.37. The lowest BCUT2D eigenvalue weighted by atomic mass is 9.95. The zero-order valence-corrected chi connectivity index (χ0v) is 17.7. The minimum absolute atomic E-state index is 0.0302. The number of ether oxygens (including phenoxy) is 1. The number of carbonyl (C=O) groups is 2. The molecule has 0 saturated carbocycles. The van der Waals surface area contributed by atoms with E-state index in [2.05, 4.69) is 4.98 Å². The Morgan fingerprint density at radius 1 is 1.06 bits per heavy atom. The molecule has 0 bridgehead atoms. The van der Waals surface area contributed by atoms with Crippen LogP contribution in [0.5, 0.6) is 0 Å². The number of pyridine rings is 1. The number of aromatic nitrogens is 1. The van der Waals surface area contributed by atoms with Crippen LogP contribution in [0.25, 0.3) is 10.9 Å². The summed E-state index contributed by atoms with van der Waals surface area (Å²) in [6, 6.07) is 16.7. The molecule has 0 aliphatic carbocycles. The average Bonchev–Trinajstić information content (AvgIpc) is 2.97. The fourth-order valence-corrected chi connectivity index (χ4v) is 4.73. The molecule has 1 atom stereocenters. The summed E-state index contributed by atoms with van der Waals surface area (Å²) < 4.78 is 5.87. The summed E-state index contributed by atoms with van der Waals surface area (Å²) >= 11 is 6.10. The normalized spacial score (nSPS) is 21.4. The molecule has 158 valence electrons. The maximum absolute atomic E-state index is 13.3. The lowest BCUT2D eigenvalue weighted by molar-refractivity contribution is 0.0439. The minimum Gasteiger partial charge on any atom is -0.441 e. The maximum atomic E-state index is 13.3. The Morgan fingerprint density at radius 3 is 2.77 bits per heavy atom. The fourth-order valence-electron chi connectivity index (χ4n) is 4.54. The maximum Gasteiger partial charge on any atom is 0.415 e. The van der Waals surface area contributed by atoms with Crippen molar-refractivity contribution >= 4 is 40.2 Å². The molecule has 0 unspecified atom stereocenters. The van der Waals surface area contributed by atoms with Crippen molar-refractivity contribution in [2.75, 3.05) is 24.5 Å². The highest BCUT2D eigenvalue weighted by atomic mass is 35.5. The molecular weight excluding hydrogens is 414 g/mol. The number of nitrogens with zero attached hydrogens (tertiary/aromatic N) is 3. The Labute approximate surface area is 185 Å². The SMILES string of the molecule is O=C(c1cccc2cccnc12)N1CCC[C@@]2(CC1)CN(c1cccc(Cl)c1)C(=O)O2. The summed E-state index contributed by atoms with van der Waals surface area (Å²) in [5.74, 6) is -0.0302. The minimum atomic E-state index is -0.592. The third-order valence-electron chi connectivity index (χ3n) is 6.14. The number of benzene rings is 2. The predicted octanol–water partition coefficient (Wildman–Crippen LogP) is 4.91. The van der Waals surface area contributed by atoms with Gasteiger partial charge in [0.1, 0.15) is 5.60 Å². The van der Waals surface area contributed by atoms with E-state index in [1.165, 1.54) is 0 Å². The van der Waals surface area contributed by atoms with Gasteiger partial charge < -0.3 is 9.64 Å². The smallest absolute Gasteiger partial charge is 0.415 e. The van der Waals surface area contributed by atoms with Gasteiger partial charge in [0.25, 0.3) is 5.91 Å². The van der Waals surface area contributed by atoms with Crippen LogP contribution < -0.4 is 4.90 Å². The number of amides is 2. The van der Waals surface area contributed by atoms with Crippen molar-refractivity contribution in [3.63, 3.8) is 0 Å². The van der Waals surface area contributed by atoms with E-state index in [0.717, 1.165) is 17.5 Å². The number of fused-ring (bicyclic) bond motifs is 1. The fraction of sp³-hybridized carbons (Fsp3) is 0.292. The molecule has 0 N–H and O–H groups in total. The van der Waals surface area contributed by atoms with Crippen molar-refractivity contribution in [2.45, 2.75) is 24.9 Å². The van der Waals surface area contributed by atoms with Gasteiger partial charge >= 0.3 is 6.09 Å². The molecule has 2 amide bonds. The molecule has 5 rings (SSSR count). The van der Waals surface area contributed by atoms with Gasteiger partial charge in [-0.3, -0.25) is 14.7 Å². The van der Waals surface area contributed by atoms with Gasteiger partial charge in [0.15, 0.2) is 0 Å². The molecule has 2 aliphatic heterocycles. The van der Waals surface area contributed by atoms with E-state index in [9.17, 15) is 9.59 Å². The van der Waals surface area contributed by atoms with Crippen molar-refractivity contribution in [2.24, 2.45) is 0 Å². The van der Waals surface area contributed by atoms with Crippen LogP contribution in [-0.2, 0) is 4.74 Å². The van der Waals surface area contributed by atoms with Gasteiger partial charge in [-0.25, -0.2) is 4.79 Å². The first-order valence-corrected chi connectivity index (χ1v) is 10.8. The third kappa shape index (κ3) is 3.72. The molecular formula is C24H22ClN3O3. The van der Waals surface area contributed by atoms with E-state index in [1.54, 1.807) is 23.2 Å². The van der Waals surface area contributed by atoms with Crippen LogP contribution in [0.2, 0.25) is 5.02 Å². The van der Waals surface area contributed by atoms with E-state index in [4.69, 9.17) is 16.3 Å². The van der Waals surface area contributed by atoms with Gasteiger partial charge in [0.2, 0.25) is 0 Å². The molecule has 6 nitrogen and oxygen atoms in total. The van der Waals surface area contributed by atoms with E-state index in [-0.39, 0.29) is 12.0 Å². The summed E-state index contributed by atoms with van der Waals surface area (Å²) in [7, 11) is 0. The van der Waals surface area contributed by atoms with Crippen molar-refractivity contribution in [1.29, 1.82) is 0 Å². The average molecular weight is 436 g/mol. The number of halogens is 1. The summed E-state index contributed by atoms with van der Waals surface area (Å²) in [5, 5.41) is 1.52. The second kappa shape index (κ2) is 7.85. The summed E-state index contributed by atoms with van der Waals surface area (Å²) in [6.07, 6.45) is 3.42. The first kappa shape index (κ1) is 19.8. The number of likely N-dealkylation sites (tertiary alicyclic amines) is 1. The largest absolute Gasteiger partial charge is 0.441 e. The highest BCUT2D eigenvalue weighted by Crippen LogP contribution is 2.36. The Kier molecular flexibility index (Phi) is 5.02. The quantitative estimate of drug-likeness (QED) is 0.573. The van der Waals surface area contributed by atoms with E-state index in [0.29, 0.717) is 48.6 Å². The monoisotopic (exact) mass is 435 g/mol. The van der Waals surface area contributed by atoms with E-state index in [1.807, 2.05) is 47.4 Å². The molecule has 2 saturated heterocycles. The van der Waals surface area contributed by atoms with Gasteiger partial charge in [-0.05, 0) is 43.2 Å².